The first-order valence-corrected chi connectivity index (χ1v) is 24.9. The number of rotatable bonds is 14. The zero-order chi connectivity index (χ0) is 42.9. The number of nitrogens with two attached hydrogens (primary N) is 1. The summed E-state index contributed by atoms with van der Waals surface area (Å²) in [6, 6.07) is 0. The van der Waals surface area contributed by atoms with Crippen molar-refractivity contribution < 1.29 is 24.5 Å². The molecule has 0 radical (unpaired) electrons. The molecular weight excluding hydrogens is 747 g/mol. The number of carbonyl (C=O) groups excluding carboxylic acids is 2. The number of nitrogens with one attached hydrogen (secondary N) is 1. The molecule has 3 saturated carbocycles. The van der Waals surface area contributed by atoms with Crippen molar-refractivity contribution in [2.24, 2.45) is 87.7 Å². The van der Waals surface area contributed by atoms with Crippen LogP contribution in [0.1, 0.15) is 163 Å². The quantitative estimate of drug-likeness (QED) is 0.0779. The fourth-order valence-corrected chi connectivity index (χ4v) is 13.1. The van der Waals surface area contributed by atoms with E-state index in [1.54, 1.807) is 7.11 Å². The van der Waals surface area contributed by atoms with E-state index in [2.05, 4.69) is 57.9 Å². The van der Waals surface area contributed by atoms with E-state index in [9.17, 15) is 19.8 Å². The van der Waals surface area contributed by atoms with E-state index in [0.717, 1.165) is 76.5 Å². The zero-order valence-corrected chi connectivity index (χ0v) is 38.5. The molecule has 2 aliphatic heterocycles. The molecule has 0 aromatic carbocycles. The van der Waals surface area contributed by atoms with E-state index in [1.165, 1.54) is 38.0 Å². The summed E-state index contributed by atoms with van der Waals surface area (Å²) in [6.07, 6.45) is 20.5. The third kappa shape index (κ3) is 12.6. The van der Waals surface area contributed by atoms with Crippen molar-refractivity contribution in [2.45, 2.75) is 188 Å². The Hall–Kier alpha value is -2.02. The number of piperidine rings is 1. The standard InChI is InChI=1S/C52H84N3O5/c1-7-10-44(48(57)28-41-25-40(31-55-41)33(4)5)39-23-35(21-34-19-20-54-52(53)24-34)22-37-16-18-45(43-12-9-8-11-36(43)14-13-32(2)3)46-30-50(59)51(60-6)27-38(46)15-17-42(56)29-49(58)47(37)26-39/h25,31-39,43-48,50-52,54,57,59H,7-15,17,19-24,26-30,53H2,1-6H3/q+1/t34?,35-,36?,37+,38?,39-,43?,44+,45-,46?,47-,48-,50?,51?,52?/m1/s1. The molecule has 4 aliphatic carbocycles. The van der Waals surface area contributed by atoms with Crippen LogP contribution in [0.25, 0.3) is 0 Å². The van der Waals surface area contributed by atoms with Crippen LogP contribution >= 0.6 is 0 Å². The van der Waals surface area contributed by atoms with Crippen molar-refractivity contribution >= 4 is 17.8 Å². The summed E-state index contributed by atoms with van der Waals surface area (Å²) in [5.41, 5.74) is 7.43. The molecule has 6 rings (SSSR count). The summed E-state index contributed by atoms with van der Waals surface area (Å²) in [6.45, 7) is 12.2. The highest BCUT2D eigenvalue weighted by molar-refractivity contribution is 6.00. The van der Waals surface area contributed by atoms with Crippen LogP contribution in [0, 0.1) is 94.7 Å². The molecule has 336 valence electrons. The predicted molar refractivity (Wildman–Crippen MR) is 242 cm³/mol. The predicted octanol–water partition coefficient (Wildman–Crippen LogP) is 9.26. The molecule has 1 saturated heterocycles. The van der Waals surface area contributed by atoms with Gasteiger partial charge in [0.05, 0.1) is 37.3 Å². The number of aliphatic hydroxyl groups is 2. The molecule has 60 heavy (non-hydrogen) atoms. The summed E-state index contributed by atoms with van der Waals surface area (Å²) in [7, 11) is 1.70. The minimum absolute atomic E-state index is 0.00521. The average molecular weight is 831 g/mol. The molecule has 0 amide bonds. The topological polar surface area (TPSA) is 134 Å². The zero-order valence-electron chi connectivity index (χ0n) is 38.5. The molecule has 15 atom stereocenters. The van der Waals surface area contributed by atoms with Gasteiger partial charge in [0.25, 0.3) is 0 Å². The van der Waals surface area contributed by atoms with Gasteiger partial charge in [-0.25, -0.2) is 0 Å². The monoisotopic (exact) mass is 831 g/mol. The highest BCUT2D eigenvalue weighted by Gasteiger charge is 2.46. The van der Waals surface area contributed by atoms with Gasteiger partial charge in [-0.15, -0.1) is 4.99 Å². The molecular formula is C52H84N3O5+. The molecule has 6 aliphatic rings. The van der Waals surface area contributed by atoms with Crippen molar-refractivity contribution in [3.63, 3.8) is 0 Å². The first-order valence-electron chi connectivity index (χ1n) is 24.9. The Balaban J connectivity index is 1.39. The van der Waals surface area contributed by atoms with E-state index in [0.29, 0.717) is 61.2 Å². The number of Topliss-reactive ketones (excluding diaryl/α,β-unsaturated/α-hetero) is 2. The number of allylic oxidation sites excluding steroid dienone is 1. The van der Waals surface area contributed by atoms with Gasteiger partial charge in [-0.3, -0.25) is 9.59 Å². The Kier molecular flexibility index (Phi) is 17.8. The number of nitrogens with zero attached hydrogens (tertiary/aromatic N) is 1. The lowest BCUT2D eigenvalue weighted by molar-refractivity contribution is -0.131. The average Bonchev–Trinajstić information content (AvgIpc) is 3.61. The number of aliphatic imine (C=N–C) groups is 1. The summed E-state index contributed by atoms with van der Waals surface area (Å²) in [5.74, 6) is 12.5. The van der Waals surface area contributed by atoms with Gasteiger partial charge < -0.3 is 26.0 Å². The third-order valence-corrected chi connectivity index (χ3v) is 16.4. The minimum Gasteiger partial charge on any atom is -0.391 e. The van der Waals surface area contributed by atoms with E-state index >= 15 is 0 Å². The van der Waals surface area contributed by atoms with Gasteiger partial charge in [-0.2, -0.15) is 0 Å². The van der Waals surface area contributed by atoms with Gasteiger partial charge in [0.2, 0.25) is 0 Å². The number of carbonyl (C=O) groups is 2. The Morgan fingerprint density at radius 1 is 0.967 bits per heavy atom. The number of fused-ring (bicyclic) bond motifs is 2. The van der Waals surface area contributed by atoms with Gasteiger partial charge in [0.1, 0.15) is 29.8 Å². The maximum Gasteiger partial charge on any atom is 0.177 e. The van der Waals surface area contributed by atoms with Gasteiger partial charge in [0, 0.05) is 37.2 Å². The summed E-state index contributed by atoms with van der Waals surface area (Å²) in [5, 5.41) is 27.2. The number of methoxy groups -OCH3 is 1. The number of hydrogen-bond acceptors (Lipinski definition) is 8. The van der Waals surface area contributed by atoms with Crippen molar-refractivity contribution in [3.05, 3.63) is 17.7 Å². The van der Waals surface area contributed by atoms with Crippen LogP contribution in [0.3, 0.4) is 0 Å². The van der Waals surface area contributed by atoms with E-state index in [1.807, 2.05) is 6.21 Å². The third-order valence-electron chi connectivity index (χ3n) is 16.4. The SMILES string of the molecule is CCC[C@@H]([C@@H]1C[C@H](CC2CCNC(N)C2)C[C@@H]2C#C[C@H](C3CCCCC3CCC(C)C)C3CC(O)C(OC)CC3CCC(=O)CC(=O)[C@@H]2C1)[C@H](O)CC1=C[C+](C(C)C)C=N1. The fourth-order valence-electron chi connectivity index (χ4n) is 13.1. The molecule has 4 fully saturated rings. The van der Waals surface area contributed by atoms with Crippen LogP contribution in [0.2, 0.25) is 0 Å². The van der Waals surface area contributed by atoms with Crippen molar-refractivity contribution in [1.29, 1.82) is 0 Å². The normalized spacial score (nSPS) is 37.9. The first-order chi connectivity index (χ1) is 28.8. The molecule has 2 heterocycles. The van der Waals surface area contributed by atoms with Crippen LogP contribution in [0.5, 0.6) is 0 Å². The molecule has 0 aromatic rings. The second-order valence-corrected chi connectivity index (χ2v) is 21.5. The maximum atomic E-state index is 14.8. The van der Waals surface area contributed by atoms with Gasteiger partial charge >= 0.3 is 0 Å². The smallest absolute Gasteiger partial charge is 0.177 e. The number of aliphatic hydroxyl groups excluding tert-OH is 2. The maximum absolute atomic E-state index is 14.8. The van der Waals surface area contributed by atoms with Gasteiger partial charge in [0.15, 0.2) is 5.70 Å². The van der Waals surface area contributed by atoms with Crippen molar-refractivity contribution in [1.82, 2.24) is 5.32 Å². The summed E-state index contributed by atoms with van der Waals surface area (Å²) in [4.78, 5) is 33.5. The largest absolute Gasteiger partial charge is 0.391 e. The molecule has 8 nitrogen and oxygen atoms in total. The number of ketones is 2. The molecule has 8 heteroatoms. The molecule has 5 N–H and O–H groups in total. The Morgan fingerprint density at radius 3 is 2.48 bits per heavy atom. The van der Waals surface area contributed by atoms with Crippen LogP contribution < -0.4 is 11.1 Å². The fraction of sp³-hybridized carbons (Fsp3) is 0.846. The molecule has 0 spiro atoms. The number of hydrogen-bond donors (Lipinski definition) is 4. The van der Waals surface area contributed by atoms with Crippen molar-refractivity contribution in [2.75, 3.05) is 13.7 Å². The minimum atomic E-state index is -0.563. The highest BCUT2D eigenvalue weighted by atomic mass is 16.5. The Labute approximate surface area is 364 Å². The lowest BCUT2D eigenvalue weighted by Crippen LogP contribution is -2.45. The van der Waals surface area contributed by atoms with E-state index in [4.69, 9.17) is 15.5 Å². The van der Waals surface area contributed by atoms with Crippen LogP contribution in [0.4, 0.5) is 0 Å². The first kappa shape index (κ1) is 47.5. The highest BCUT2D eigenvalue weighted by Crippen LogP contribution is 2.50. The molecule has 0 aromatic heterocycles. The Bertz CT molecular complexity index is 1510. The lowest BCUT2D eigenvalue weighted by atomic mass is 9.60. The second kappa shape index (κ2) is 22.6. The van der Waals surface area contributed by atoms with Gasteiger partial charge in [-0.1, -0.05) is 64.7 Å². The molecule has 8 unspecified atom stereocenters. The van der Waals surface area contributed by atoms with E-state index in [-0.39, 0.29) is 71.7 Å². The van der Waals surface area contributed by atoms with Crippen LogP contribution in [-0.4, -0.2) is 66.1 Å². The molecule has 0 bridgehead atoms. The summed E-state index contributed by atoms with van der Waals surface area (Å²) < 4.78 is 5.85. The Morgan fingerprint density at radius 2 is 1.77 bits per heavy atom. The summed E-state index contributed by atoms with van der Waals surface area (Å²) >= 11 is 0. The number of ether oxygens (including phenoxy) is 1. The van der Waals surface area contributed by atoms with Crippen LogP contribution in [-0.2, 0) is 14.3 Å². The van der Waals surface area contributed by atoms with Gasteiger partial charge in [-0.05, 0) is 151 Å². The lowest BCUT2D eigenvalue weighted by Gasteiger charge is -2.46. The second-order valence-electron chi connectivity index (χ2n) is 21.5. The van der Waals surface area contributed by atoms with E-state index < -0.39 is 12.2 Å². The van der Waals surface area contributed by atoms with Crippen molar-refractivity contribution in [3.8, 4) is 11.8 Å². The van der Waals surface area contributed by atoms with Crippen LogP contribution in [0.15, 0.2) is 16.8 Å².